The van der Waals surface area contributed by atoms with Gasteiger partial charge in [0.05, 0.1) is 0 Å². The average molecular weight is 859 g/mol. The highest BCUT2D eigenvalue weighted by atomic mass is 14.3. The van der Waals surface area contributed by atoms with Crippen molar-refractivity contribution in [1.29, 1.82) is 0 Å². The van der Waals surface area contributed by atoms with Crippen molar-refractivity contribution in [3.63, 3.8) is 0 Å². The highest BCUT2D eigenvalue weighted by Gasteiger charge is 2.30. The normalized spacial score (nSPS) is 11.8. The Morgan fingerprint density at radius 1 is 0.162 bits per heavy atom. The van der Waals surface area contributed by atoms with E-state index in [-0.39, 0.29) is 0 Å². The van der Waals surface area contributed by atoms with Crippen molar-refractivity contribution in [3.05, 3.63) is 255 Å². The molecule has 314 valence electrons. The van der Waals surface area contributed by atoms with E-state index in [1.165, 1.54) is 143 Å². The minimum Gasteiger partial charge on any atom is -0.0622 e. The zero-order chi connectivity index (χ0) is 44.7. The fraction of sp³-hybridized carbons (Fsp3) is 0. The number of benzene rings is 13. The van der Waals surface area contributed by atoms with E-state index in [0.29, 0.717) is 0 Å². The summed E-state index contributed by atoms with van der Waals surface area (Å²) in [6.07, 6.45) is 0. The van der Waals surface area contributed by atoms with Crippen LogP contribution in [0.5, 0.6) is 0 Å². The lowest BCUT2D eigenvalue weighted by molar-refractivity contribution is 1.61. The zero-order valence-electron chi connectivity index (χ0n) is 37.2. The molecule has 0 amide bonds. The van der Waals surface area contributed by atoms with Crippen molar-refractivity contribution in [2.75, 3.05) is 0 Å². The Morgan fingerprint density at radius 3 is 0.971 bits per heavy atom. The van der Waals surface area contributed by atoms with E-state index in [1.807, 2.05) is 0 Å². The number of fused-ring (bicyclic) bond motifs is 7. The van der Waals surface area contributed by atoms with Crippen molar-refractivity contribution in [2.24, 2.45) is 0 Å². The molecule has 0 nitrogen and oxygen atoms in total. The first-order chi connectivity index (χ1) is 33.7. The molecule has 0 fully saturated rings. The molecule has 0 saturated carbocycles. The van der Waals surface area contributed by atoms with Crippen LogP contribution in [0.3, 0.4) is 0 Å². The summed E-state index contributed by atoms with van der Waals surface area (Å²) in [4.78, 5) is 0. The van der Waals surface area contributed by atoms with E-state index >= 15 is 0 Å². The Morgan fingerprint density at radius 2 is 0.500 bits per heavy atom. The molecule has 0 heteroatoms. The van der Waals surface area contributed by atoms with Gasteiger partial charge in [0.1, 0.15) is 0 Å². The van der Waals surface area contributed by atoms with Gasteiger partial charge in [0.25, 0.3) is 0 Å². The second kappa shape index (κ2) is 15.4. The molecule has 0 unspecified atom stereocenters. The van der Waals surface area contributed by atoms with Crippen LogP contribution in [0.2, 0.25) is 0 Å². The predicted octanol–water partition coefficient (Wildman–Crippen LogP) is 19.1. The molecule has 1 aliphatic carbocycles. The molecule has 0 bridgehead atoms. The van der Waals surface area contributed by atoms with Gasteiger partial charge in [0.15, 0.2) is 0 Å². The van der Waals surface area contributed by atoms with Crippen LogP contribution < -0.4 is 0 Å². The number of hydrogen-bond donors (Lipinski definition) is 0. The highest BCUT2D eigenvalue weighted by molar-refractivity contribution is 6.28. The maximum atomic E-state index is 2.45. The first-order valence-corrected chi connectivity index (χ1v) is 23.7. The topological polar surface area (TPSA) is 0 Å². The largest absolute Gasteiger partial charge is 0.0622 e. The fourth-order valence-electron chi connectivity index (χ4n) is 11.6. The number of rotatable bonds is 6. The third-order valence-electron chi connectivity index (χ3n) is 14.5. The summed E-state index contributed by atoms with van der Waals surface area (Å²) in [7, 11) is 0. The molecule has 0 heterocycles. The van der Waals surface area contributed by atoms with Crippen LogP contribution in [0, 0.1) is 0 Å². The van der Waals surface area contributed by atoms with Crippen LogP contribution in [0.1, 0.15) is 0 Å². The summed E-state index contributed by atoms with van der Waals surface area (Å²) in [5.41, 5.74) is 20.2. The molecule has 1 aliphatic rings. The first-order valence-electron chi connectivity index (χ1n) is 23.7. The van der Waals surface area contributed by atoms with Gasteiger partial charge in [-0.15, -0.1) is 0 Å². The van der Waals surface area contributed by atoms with Gasteiger partial charge in [0, 0.05) is 0 Å². The van der Waals surface area contributed by atoms with Crippen LogP contribution in [0.4, 0.5) is 0 Å². The summed E-state index contributed by atoms with van der Waals surface area (Å²) < 4.78 is 0. The third-order valence-corrected chi connectivity index (χ3v) is 14.5. The van der Waals surface area contributed by atoms with E-state index in [0.717, 1.165) is 0 Å². The van der Waals surface area contributed by atoms with E-state index in [4.69, 9.17) is 0 Å². The lowest BCUT2D eigenvalue weighted by Gasteiger charge is -2.21. The van der Waals surface area contributed by atoms with Gasteiger partial charge in [-0.1, -0.05) is 231 Å². The SMILES string of the molecule is c1ccc(-c2c3c(c(-c4ccccc4)c4cc(-c5ccc6cc(-c7ccc8c(-c9ccccc9)c9ccccc9c(-c9ccccc9)c8c7)ccc6c5)ccc24)-c2cccc4cccc-3c24)cc1. The van der Waals surface area contributed by atoms with Gasteiger partial charge >= 0.3 is 0 Å². The van der Waals surface area contributed by atoms with Crippen LogP contribution in [0.25, 0.3) is 143 Å². The Balaban J connectivity index is 0.935. The van der Waals surface area contributed by atoms with E-state index in [9.17, 15) is 0 Å². The van der Waals surface area contributed by atoms with Gasteiger partial charge in [-0.3, -0.25) is 0 Å². The lowest BCUT2D eigenvalue weighted by Crippen LogP contribution is -1.94. The van der Waals surface area contributed by atoms with E-state index < -0.39 is 0 Å². The molecule has 13 aromatic carbocycles. The maximum absolute atomic E-state index is 2.45. The quantitative estimate of drug-likeness (QED) is 0.146. The van der Waals surface area contributed by atoms with Crippen LogP contribution in [0.15, 0.2) is 255 Å². The van der Waals surface area contributed by atoms with Crippen molar-refractivity contribution in [1.82, 2.24) is 0 Å². The third kappa shape index (κ3) is 5.94. The predicted molar refractivity (Wildman–Crippen MR) is 291 cm³/mol. The summed E-state index contributed by atoms with van der Waals surface area (Å²) in [5, 5.41) is 12.6. The summed E-state index contributed by atoms with van der Waals surface area (Å²) >= 11 is 0. The number of hydrogen-bond acceptors (Lipinski definition) is 0. The van der Waals surface area contributed by atoms with Crippen molar-refractivity contribution < 1.29 is 0 Å². The fourth-order valence-corrected chi connectivity index (χ4v) is 11.6. The standard InChI is InChI=1S/C68H42/c1-5-17-43(18-6-1)62-54-27-13-14-28-55(54)63(44-19-7-2-8-20-44)60-41-52(35-37-56(60)62)50-33-31-49-40-51(34-32-48(49)39-50)53-36-38-57-61(42-53)66(47-23-11-4-12-24-47)68-59-30-16-26-45-25-15-29-58(64(45)59)67(68)65(57)46-21-9-3-10-22-46/h1-42H. The Bertz CT molecular complexity index is 4140. The minimum atomic E-state index is 1.21. The van der Waals surface area contributed by atoms with Crippen LogP contribution in [-0.2, 0) is 0 Å². The van der Waals surface area contributed by atoms with E-state index in [2.05, 4.69) is 255 Å². The minimum absolute atomic E-state index is 1.21. The van der Waals surface area contributed by atoms with E-state index in [1.54, 1.807) is 0 Å². The van der Waals surface area contributed by atoms with Gasteiger partial charge in [-0.2, -0.15) is 0 Å². The zero-order valence-corrected chi connectivity index (χ0v) is 37.2. The summed E-state index contributed by atoms with van der Waals surface area (Å²) in [6.45, 7) is 0. The molecule has 0 saturated heterocycles. The maximum Gasteiger partial charge on any atom is -0.000741 e. The van der Waals surface area contributed by atoms with Crippen molar-refractivity contribution in [3.8, 4) is 89.0 Å². The second-order valence-corrected chi connectivity index (χ2v) is 18.3. The molecule has 0 atom stereocenters. The molecule has 13 aromatic rings. The van der Waals surface area contributed by atoms with Gasteiger partial charge < -0.3 is 0 Å². The van der Waals surface area contributed by atoms with Crippen LogP contribution >= 0.6 is 0 Å². The Hall–Kier alpha value is -8.84. The molecular weight excluding hydrogens is 817 g/mol. The molecular formula is C68H42. The molecule has 0 N–H and O–H groups in total. The first kappa shape index (κ1) is 38.4. The van der Waals surface area contributed by atoms with Crippen molar-refractivity contribution in [2.45, 2.75) is 0 Å². The van der Waals surface area contributed by atoms with Gasteiger partial charge in [-0.05, 0) is 167 Å². The average Bonchev–Trinajstić information content (AvgIpc) is 3.74. The van der Waals surface area contributed by atoms with Gasteiger partial charge in [-0.25, -0.2) is 0 Å². The Labute approximate surface area is 395 Å². The molecule has 0 aromatic heterocycles. The highest BCUT2D eigenvalue weighted by Crippen LogP contribution is 2.58. The summed E-state index contributed by atoms with van der Waals surface area (Å²) in [5.74, 6) is 0. The molecule has 0 spiro atoms. The smallest absolute Gasteiger partial charge is 0.000741 e. The Kier molecular flexibility index (Phi) is 8.69. The molecule has 14 rings (SSSR count). The van der Waals surface area contributed by atoms with Crippen LogP contribution in [-0.4, -0.2) is 0 Å². The molecule has 0 aliphatic heterocycles. The second-order valence-electron chi connectivity index (χ2n) is 18.3. The van der Waals surface area contributed by atoms with Crippen molar-refractivity contribution >= 4 is 53.9 Å². The molecule has 0 radical (unpaired) electrons. The summed E-state index contributed by atoms with van der Waals surface area (Å²) in [6, 6.07) is 94.5. The monoisotopic (exact) mass is 858 g/mol. The molecule has 68 heavy (non-hydrogen) atoms. The lowest BCUT2D eigenvalue weighted by atomic mass is 9.81. The van der Waals surface area contributed by atoms with Gasteiger partial charge in [0.2, 0.25) is 0 Å².